The molecule has 1 aromatic rings. The zero-order chi connectivity index (χ0) is 17.2. The van der Waals surface area contributed by atoms with E-state index in [1.807, 2.05) is 0 Å². The molecular formula is C17H25N3O4. The Hall–Kier alpha value is -1.89. The highest BCUT2D eigenvalue weighted by Crippen LogP contribution is 2.29. The molecule has 2 heterocycles. The van der Waals surface area contributed by atoms with Gasteiger partial charge in [-0.15, -0.1) is 0 Å². The molecule has 2 amide bonds. The number of nitrogens with one attached hydrogen (secondary N) is 1. The third kappa shape index (κ3) is 3.31. The number of ether oxygens (including phenoxy) is 1. The maximum Gasteiger partial charge on any atom is 0.291 e. The summed E-state index contributed by atoms with van der Waals surface area (Å²) in [7, 11) is 1.67. The standard InChI is InChI=1S/C17H25N3O4/c1-12-14(24-11-19-12)16(22)20-8-6-17(23-2,7-9-20)10-18-15(21)13-4-3-5-13/h11,13H,3-10H2,1-2H3,(H,18,21). The maximum atomic E-state index is 12.5. The molecule has 3 rings (SSSR count). The summed E-state index contributed by atoms with van der Waals surface area (Å²) in [6.45, 7) is 3.41. The quantitative estimate of drug-likeness (QED) is 0.882. The first-order valence-corrected chi connectivity index (χ1v) is 8.57. The number of piperidine rings is 1. The SMILES string of the molecule is COC1(CNC(=O)C2CCC2)CCN(C(=O)c2ocnc2C)CC1. The van der Waals surface area contributed by atoms with Gasteiger partial charge in [0.1, 0.15) is 0 Å². The third-order valence-electron chi connectivity index (χ3n) is 5.40. The number of hydrogen-bond acceptors (Lipinski definition) is 5. The summed E-state index contributed by atoms with van der Waals surface area (Å²) in [5.41, 5.74) is 0.212. The highest BCUT2D eigenvalue weighted by Gasteiger charge is 2.38. The van der Waals surface area contributed by atoms with E-state index in [1.165, 1.54) is 6.39 Å². The minimum Gasteiger partial charge on any atom is -0.438 e. The number of amides is 2. The van der Waals surface area contributed by atoms with Crippen molar-refractivity contribution in [2.45, 2.75) is 44.6 Å². The van der Waals surface area contributed by atoms with Crippen LogP contribution in [0.2, 0.25) is 0 Å². The number of nitrogens with zero attached hydrogens (tertiary/aromatic N) is 2. The van der Waals surface area contributed by atoms with Gasteiger partial charge in [-0.1, -0.05) is 6.42 Å². The molecule has 7 nitrogen and oxygen atoms in total. The number of rotatable bonds is 5. The fourth-order valence-electron chi connectivity index (χ4n) is 3.28. The first-order chi connectivity index (χ1) is 11.5. The molecule has 1 saturated heterocycles. The summed E-state index contributed by atoms with van der Waals surface area (Å²) in [5.74, 6) is 0.481. The summed E-state index contributed by atoms with van der Waals surface area (Å²) >= 11 is 0. The Balaban J connectivity index is 1.54. The van der Waals surface area contributed by atoms with Crippen LogP contribution in [0.15, 0.2) is 10.8 Å². The van der Waals surface area contributed by atoms with E-state index in [-0.39, 0.29) is 17.7 Å². The molecule has 0 aromatic carbocycles. The highest BCUT2D eigenvalue weighted by molar-refractivity contribution is 5.92. The van der Waals surface area contributed by atoms with Crippen molar-refractivity contribution in [3.05, 3.63) is 17.8 Å². The van der Waals surface area contributed by atoms with Gasteiger partial charge >= 0.3 is 0 Å². The maximum absolute atomic E-state index is 12.5. The van der Waals surface area contributed by atoms with Crippen LogP contribution in [0, 0.1) is 12.8 Å². The first kappa shape index (κ1) is 17.0. The van der Waals surface area contributed by atoms with E-state index in [2.05, 4.69) is 10.3 Å². The molecule has 1 aliphatic heterocycles. The summed E-state index contributed by atoms with van der Waals surface area (Å²) in [4.78, 5) is 30.2. The van der Waals surface area contributed by atoms with Crippen molar-refractivity contribution in [1.29, 1.82) is 0 Å². The lowest BCUT2D eigenvalue weighted by Gasteiger charge is -2.41. The van der Waals surface area contributed by atoms with Crippen LogP contribution in [0.1, 0.15) is 48.4 Å². The van der Waals surface area contributed by atoms with E-state index in [0.717, 1.165) is 19.3 Å². The zero-order valence-corrected chi connectivity index (χ0v) is 14.3. The van der Waals surface area contributed by atoms with Gasteiger partial charge in [-0.3, -0.25) is 9.59 Å². The Kier molecular flexibility index (Phi) is 4.89. The topological polar surface area (TPSA) is 84.7 Å². The Labute approximate surface area is 141 Å². The van der Waals surface area contributed by atoms with Gasteiger partial charge in [0.2, 0.25) is 11.7 Å². The van der Waals surface area contributed by atoms with Gasteiger partial charge in [-0.25, -0.2) is 4.98 Å². The Bertz CT molecular complexity index is 601. The summed E-state index contributed by atoms with van der Waals surface area (Å²) in [6, 6.07) is 0. The molecule has 7 heteroatoms. The van der Waals surface area contributed by atoms with Crippen LogP contribution in [0.5, 0.6) is 0 Å². The molecule has 24 heavy (non-hydrogen) atoms. The summed E-state index contributed by atoms with van der Waals surface area (Å²) in [5, 5.41) is 3.03. The van der Waals surface area contributed by atoms with Gasteiger partial charge in [0.15, 0.2) is 6.39 Å². The van der Waals surface area contributed by atoms with Crippen LogP contribution in [-0.4, -0.2) is 54.0 Å². The largest absolute Gasteiger partial charge is 0.438 e. The molecule has 0 radical (unpaired) electrons. The molecule has 1 aliphatic carbocycles. The van der Waals surface area contributed by atoms with Crippen LogP contribution in [0.3, 0.4) is 0 Å². The molecule has 2 fully saturated rings. The number of oxazole rings is 1. The fourth-order valence-corrected chi connectivity index (χ4v) is 3.28. The van der Waals surface area contributed by atoms with E-state index in [1.54, 1.807) is 18.9 Å². The molecule has 132 valence electrons. The number of carbonyl (C=O) groups is 2. The lowest BCUT2D eigenvalue weighted by atomic mass is 9.84. The number of aromatic nitrogens is 1. The third-order valence-corrected chi connectivity index (χ3v) is 5.40. The van der Waals surface area contributed by atoms with Crippen molar-refractivity contribution in [3.63, 3.8) is 0 Å². The Morgan fingerprint density at radius 2 is 2.12 bits per heavy atom. The average molecular weight is 335 g/mol. The van der Waals surface area contributed by atoms with Crippen molar-refractivity contribution < 1.29 is 18.7 Å². The fraction of sp³-hybridized carbons (Fsp3) is 0.706. The minimum absolute atomic E-state index is 0.131. The Morgan fingerprint density at radius 1 is 1.42 bits per heavy atom. The summed E-state index contributed by atoms with van der Waals surface area (Å²) in [6.07, 6.45) is 5.80. The van der Waals surface area contributed by atoms with E-state index >= 15 is 0 Å². The van der Waals surface area contributed by atoms with E-state index in [0.29, 0.717) is 43.9 Å². The molecule has 1 N–H and O–H groups in total. The molecule has 1 saturated carbocycles. The Morgan fingerprint density at radius 3 is 2.62 bits per heavy atom. The van der Waals surface area contributed by atoms with Gasteiger partial charge in [-0.05, 0) is 32.6 Å². The smallest absolute Gasteiger partial charge is 0.291 e. The second-order valence-corrected chi connectivity index (χ2v) is 6.79. The van der Waals surface area contributed by atoms with Crippen LogP contribution in [0.25, 0.3) is 0 Å². The van der Waals surface area contributed by atoms with Gasteiger partial charge in [-0.2, -0.15) is 0 Å². The number of hydrogen-bond donors (Lipinski definition) is 1. The van der Waals surface area contributed by atoms with Crippen molar-refractivity contribution in [2.24, 2.45) is 5.92 Å². The van der Waals surface area contributed by atoms with Crippen LogP contribution in [-0.2, 0) is 9.53 Å². The van der Waals surface area contributed by atoms with E-state index in [9.17, 15) is 9.59 Å². The van der Waals surface area contributed by atoms with Crippen LogP contribution in [0.4, 0.5) is 0 Å². The van der Waals surface area contributed by atoms with E-state index in [4.69, 9.17) is 9.15 Å². The van der Waals surface area contributed by atoms with Gasteiger partial charge in [0, 0.05) is 32.7 Å². The van der Waals surface area contributed by atoms with Crippen molar-refractivity contribution in [3.8, 4) is 0 Å². The zero-order valence-electron chi connectivity index (χ0n) is 14.3. The predicted octanol–water partition coefficient (Wildman–Crippen LogP) is 1.52. The number of carbonyl (C=O) groups excluding carboxylic acids is 2. The minimum atomic E-state index is -0.396. The molecule has 1 aromatic heterocycles. The number of aryl methyl sites for hydroxylation is 1. The van der Waals surface area contributed by atoms with Gasteiger partial charge in [0.05, 0.1) is 11.3 Å². The molecule has 0 unspecified atom stereocenters. The van der Waals surface area contributed by atoms with Crippen molar-refractivity contribution in [1.82, 2.24) is 15.2 Å². The molecular weight excluding hydrogens is 310 g/mol. The molecule has 0 atom stereocenters. The highest BCUT2D eigenvalue weighted by atomic mass is 16.5. The van der Waals surface area contributed by atoms with Gasteiger partial charge < -0.3 is 19.4 Å². The normalized spacial score (nSPS) is 20.5. The van der Waals surface area contributed by atoms with Crippen LogP contribution < -0.4 is 5.32 Å². The van der Waals surface area contributed by atoms with Crippen LogP contribution >= 0.6 is 0 Å². The van der Waals surface area contributed by atoms with E-state index < -0.39 is 5.60 Å². The summed E-state index contributed by atoms with van der Waals surface area (Å²) < 4.78 is 10.9. The number of likely N-dealkylation sites (tertiary alicyclic amines) is 1. The van der Waals surface area contributed by atoms with Crippen molar-refractivity contribution in [2.75, 3.05) is 26.7 Å². The molecule has 2 aliphatic rings. The predicted molar refractivity (Wildman–Crippen MR) is 86.5 cm³/mol. The second-order valence-electron chi connectivity index (χ2n) is 6.79. The second kappa shape index (κ2) is 6.93. The van der Waals surface area contributed by atoms with Crippen molar-refractivity contribution >= 4 is 11.8 Å². The average Bonchev–Trinajstić information content (AvgIpc) is 2.97. The molecule has 0 bridgehead atoms. The van der Waals surface area contributed by atoms with Gasteiger partial charge in [0.25, 0.3) is 5.91 Å². The molecule has 0 spiro atoms. The number of methoxy groups -OCH3 is 1. The monoisotopic (exact) mass is 335 g/mol. The lowest BCUT2D eigenvalue weighted by Crippen LogP contribution is -2.54. The lowest BCUT2D eigenvalue weighted by molar-refractivity contribution is -0.129. The first-order valence-electron chi connectivity index (χ1n) is 8.57.